The van der Waals surface area contributed by atoms with Crippen LogP contribution in [-0.4, -0.2) is 11.5 Å². The minimum atomic E-state index is -0.447. The molecule has 1 fully saturated rings. The molecule has 2 nitrogen and oxygen atoms in total. The summed E-state index contributed by atoms with van der Waals surface area (Å²) < 4.78 is 0. The molecule has 1 aromatic carbocycles. The van der Waals surface area contributed by atoms with Crippen LogP contribution < -0.4 is 0 Å². The Balaban J connectivity index is 1.98. The molecule has 1 N–H and O–H groups in total. The van der Waals surface area contributed by atoms with E-state index in [9.17, 15) is 4.79 Å². The highest BCUT2D eigenvalue weighted by molar-refractivity contribution is 7.15. The summed E-state index contributed by atoms with van der Waals surface area (Å²) in [6.07, 6.45) is 1.13. The van der Waals surface area contributed by atoms with E-state index >= 15 is 0 Å². The summed E-state index contributed by atoms with van der Waals surface area (Å²) in [7, 11) is 0. The first-order chi connectivity index (χ1) is 11.0. The highest BCUT2D eigenvalue weighted by atomic mass is 32.1. The molecule has 3 rings (SSSR count). The second-order valence-corrected chi connectivity index (χ2v) is 7.44. The van der Waals surface area contributed by atoms with Crippen molar-refractivity contribution in [3.63, 3.8) is 0 Å². The summed E-state index contributed by atoms with van der Waals surface area (Å²) >= 11 is 1.70. The number of allylic oxidation sites excluding steroid dienone is 1. The molecule has 1 aliphatic carbocycles. The van der Waals surface area contributed by atoms with Crippen LogP contribution in [0.15, 0.2) is 54.6 Å². The van der Waals surface area contributed by atoms with Crippen molar-refractivity contribution in [2.45, 2.75) is 32.1 Å². The van der Waals surface area contributed by atoms with Crippen molar-refractivity contribution in [1.29, 1.82) is 5.41 Å². The lowest BCUT2D eigenvalue weighted by Crippen LogP contribution is -2.42. The summed E-state index contributed by atoms with van der Waals surface area (Å²) in [5.74, 6) is -0.105. The molecule has 0 bridgehead atoms. The Bertz CT molecular complexity index is 774. The van der Waals surface area contributed by atoms with Crippen molar-refractivity contribution >= 4 is 22.8 Å². The predicted octanol–water partition coefficient (Wildman–Crippen LogP) is 5.25. The first kappa shape index (κ1) is 15.9. The van der Waals surface area contributed by atoms with E-state index in [1.54, 1.807) is 11.3 Å². The van der Waals surface area contributed by atoms with E-state index in [1.807, 2.05) is 32.0 Å². The van der Waals surface area contributed by atoms with Gasteiger partial charge < -0.3 is 5.41 Å². The maximum Gasteiger partial charge on any atom is 0.143 e. The Kier molecular flexibility index (Phi) is 4.07. The minimum absolute atomic E-state index is 0.169. The third-order valence-electron chi connectivity index (χ3n) is 4.87. The number of carbonyl (C=O) groups is 1. The van der Waals surface area contributed by atoms with Gasteiger partial charge in [-0.3, -0.25) is 4.79 Å². The molecule has 0 radical (unpaired) electrons. The fourth-order valence-electron chi connectivity index (χ4n) is 3.31. The summed E-state index contributed by atoms with van der Waals surface area (Å²) in [6.45, 7) is 8.18. The SMILES string of the molecule is C=C1C(=N)C(CC)C(=O)C[C@@]1(C)c1ccc(-c2ccccc2)s1. The van der Waals surface area contributed by atoms with Gasteiger partial charge in [0.1, 0.15) is 5.78 Å². The molecule has 0 amide bonds. The van der Waals surface area contributed by atoms with Crippen molar-refractivity contribution in [3.8, 4) is 10.4 Å². The zero-order chi connectivity index (χ0) is 16.6. The van der Waals surface area contributed by atoms with Gasteiger partial charge >= 0.3 is 0 Å². The van der Waals surface area contributed by atoms with Crippen molar-refractivity contribution in [3.05, 3.63) is 59.5 Å². The molecule has 1 aromatic heterocycles. The van der Waals surface area contributed by atoms with Gasteiger partial charge in [0.25, 0.3) is 0 Å². The van der Waals surface area contributed by atoms with E-state index in [-0.39, 0.29) is 11.7 Å². The van der Waals surface area contributed by atoms with Crippen molar-refractivity contribution < 1.29 is 4.79 Å². The monoisotopic (exact) mass is 323 g/mol. The Morgan fingerprint density at radius 2 is 1.96 bits per heavy atom. The lowest BCUT2D eigenvalue weighted by atomic mass is 9.65. The lowest BCUT2D eigenvalue weighted by Gasteiger charge is -2.38. The number of thiophene rings is 1. The van der Waals surface area contributed by atoms with Crippen LogP contribution in [0.25, 0.3) is 10.4 Å². The lowest BCUT2D eigenvalue weighted by molar-refractivity contribution is -0.122. The molecule has 118 valence electrons. The third-order valence-corrected chi connectivity index (χ3v) is 6.27. The molecular formula is C20H21NOS. The van der Waals surface area contributed by atoms with Crippen LogP contribution in [0.1, 0.15) is 31.6 Å². The largest absolute Gasteiger partial charge is 0.304 e. The fourth-order valence-corrected chi connectivity index (χ4v) is 4.49. The highest BCUT2D eigenvalue weighted by Gasteiger charge is 2.44. The Hall–Kier alpha value is -2.00. The van der Waals surface area contributed by atoms with E-state index in [2.05, 4.69) is 30.8 Å². The first-order valence-electron chi connectivity index (χ1n) is 7.94. The maximum atomic E-state index is 12.5. The predicted molar refractivity (Wildman–Crippen MR) is 97.4 cm³/mol. The summed E-state index contributed by atoms with van der Waals surface area (Å²) in [5.41, 5.74) is 1.95. The van der Waals surface area contributed by atoms with Gasteiger partial charge in [-0.25, -0.2) is 0 Å². The number of hydrogen-bond donors (Lipinski definition) is 1. The number of hydrogen-bond acceptors (Lipinski definition) is 3. The maximum absolute atomic E-state index is 12.5. The van der Waals surface area contributed by atoms with Crippen molar-refractivity contribution in [2.75, 3.05) is 0 Å². The van der Waals surface area contributed by atoms with Gasteiger partial charge in [-0.05, 0) is 29.7 Å². The summed E-state index contributed by atoms with van der Waals surface area (Å²) in [6, 6.07) is 14.4. The van der Waals surface area contributed by atoms with Gasteiger partial charge in [-0.1, -0.05) is 50.8 Å². The number of nitrogens with one attached hydrogen (secondary N) is 1. The molecule has 0 saturated heterocycles. The second-order valence-electron chi connectivity index (χ2n) is 6.36. The van der Waals surface area contributed by atoms with E-state index in [0.717, 1.165) is 10.5 Å². The highest BCUT2D eigenvalue weighted by Crippen LogP contribution is 2.45. The fraction of sp³-hybridized carbons (Fsp3) is 0.300. The van der Waals surface area contributed by atoms with Gasteiger partial charge in [0.05, 0.1) is 5.92 Å². The molecule has 2 aromatic rings. The zero-order valence-electron chi connectivity index (χ0n) is 13.6. The normalized spacial score (nSPS) is 25.0. The van der Waals surface area contributed by atoms with Crippen molar-refractivity contribution in [1.82, 2.24) is 0 Å². The molecule has 2 atom stereocenters. The Labute approximate surface area is 141 Å². The quantitative estimate of drug-likeness (QED) is 0.823. The zero-order valence-corrected chi connectivity index (χ0v) is 14.4. The molecule has 1 aliphatic rings. The molecule has 1 heterocycles. The van der Waals surface area contributed by atoms with Crippen LogP contribution in [0.5, 0.6) is 0 Å². The molecular weight excluding hydrogens is 302 g/mol. The van der Waals surface area contributed by atoms with E-state index in [1.165, 1.54) is 10.4 Å². The van der Waals surface area contributed by atoms with Crippen LogP contribution >= 0.6 is 11.3 Å². The Morgan fingerprint density at radius 3 is 2.61 bits per heavy atom. The van der Waals surface area contributed by atoms with Gasteiger partial charge in [-0.2, -0.15) is 0 Å². The Morgan fingerprint density at radius 1 is 1.26 bits per heavy atom. The second kappa shape index (κ2) is 5.89. The molecule has 1 unspecified atom stereocenters. The van der Waals surface area contributed by atoms with Gasteiger partial charge in [-0.15, -0.1) is 11.3 Å². The van der Waals surface area contributed by atoms with Crippen LogP contribution in [0, 0.1) is 11.3 Å². The minimum Gasteiger partial charge on any atom is -0.304 e. The molecule has 0 spiro atoms. The van der Waals surface area contributed by atoms with Gasteiger partial charge in [0.15, 0.2) is 0 Å². The van der Waals surface area contributed by atoms with Gasteiger partial charge in [0, 0.05) is 27.3 Å². The molecule has 3 heteroatoms. The van der Waals surface area contributed by atoms with Crippen LogP contribution in [0.3, 0.4) is 0 Å². The van der Waals surface area contributed by atoms with Crippen LogP contribution in [-0.2, 0) is 10.2 Å². The summed E-state index contributed by atoms with van der Waals surface area (Å²) in [5, 5.41) is 8.34. The number of rotatable bonds is 3. The number of carbonyl (C=O) groups excluding carboxylic acids is 1. The number of Topliss-reactive ketones (excluding diaryl/α,β-unsaturated/α-hetero) is 1. The van der Waals surface area contributed by atoms with Crippen LogP contribution in [0.2, 0.25) is 0 Å². The van der Waals surface area contributed by atoms with E-state index in [4.69, 9.17) is 5.41 Å². The molecule has 0 aliphatic heterocycles. The van der Waals surface area contributed by atoms with Crippen LogP contribution in [0.4, 0.5) is 0 Å². The van der Waals surface area contributed by atoms with Crippen molar-refractivity contribution in [2.24, 2.45) is 5.92 Å². The number of benzene rings is 1. The topological polar surface area (TPSA) is 40.9 Å². The first-order valence-corrected chi connectivity index (χ1v) is 8.75. The summed E-state index contributed by atoms with van der Waals surface area (Å²) in [4.78, 5) is 14.8. The van der Waals surface area contributed by atoms with E-state index < -0.39 is 5.41 Å². The third kappa shape index (κ3) is 2.59. The average Bonchev–Trinajstić information content (AvgIpc) is 3.05. The average molecular weight is 323 g/mol. The molecule has 23 heavy (non-hydrogen) atoms. The van der Waals surface area contributed by atoms with E-state index in [0.29, 0.717) is 18.6 Å². The standard InChI is InChI=1S/C20H21NOS/c1-4-15-16(22)12-20(3,13(2)19(15)21)18-11-10-17(23-18)14-8-6-5-7-9-14/h5-11,15,21H,2,4,12H2,1,3H3/t15?,20-/m1/s1. The number of ketones is 1. The smallest absolute Gasteiger partial charge is 0.143 e. The molecule has 1 saturated carbocycles. The van der Waals surface area contributed by atoms with Gasteiger partial charge in [0.2, 0.25) is 0 Å².